The third-order valence-corrected chi connectivity index (χ3v) is 3.08. The number of nitrogens with one attached hydrogen (secondary N) is 1. The molecule has 0 saturated carbocycles. The Kier molecular flexibility index (Phi) is 3.05. The molecule has 17 heavy (non-hydrogen) atoms. The maximum Gasteiger partial charge on any atom is 0.248 e. The summed E-state index contributed by atoms with van der Waals surface area (Å²) in [7, 11) is 0. The van der Waals surface area contributed by atoms with Gasteiger partial charge in [0, 0.05) is 6.92 Å². The van der Waals surface area contributed by atoms with Gasteiger partial charge in [-0.25, -0.2) is 6.57 Å². The van der Waals surface area contributed by atoms with Crippen molar-refractivity contribution < 1.29 is 24.5 Å². The van der Waals surface area contributed by atoms with E-state index in [1.807, 2.05) is 0 Å². The van der Waals surface area contributed by atoms with E-state index in [0.717, 1.165) is 0 Å². The second-order valence-electron chi connectivity index (χ2n) is 4.34. The molecule has 0 radical (unpaired) electrons. The van der Waals surface area contributed by atoms with Crippen LogP contribution >= 0.6 is 0 Å². The normalized spacial score (nSPS) is 44.1. The van der Waals surface area contributed by atoms with Gasteiger partial charge < -0.3 is 29.8 Å². The summed E-state index contributed by atoms with van der Waals surface area (Å²) in [6.07, 6.45) is -3.28. The van der Waals surface area contributed by atoms with Crippen LogP contribution < -0.4 is 5.32 Å². The van der Waals surface area contributed by atoms with Crippen molar-refractivity contribution in [1.82, 2.24) is 5.32 Å². The van der Waals surface area contributed by atoms with Crippen LogP contribution in [0, 0.1) is 6.57 Å². The quantitative estimate of drug-likeness (QED) is 0.500. The number of aliphatic hydroxyl groups excluding tert-OH is 2. The molecular weight excluding hydrogens is 228 g/mol. The van der Waals surface area contributed by atoms with Crippen molar-refractivity contribution in [2.75, 3.05) is 13.2 Å². The van der Waals surface area contributed by atoms with Crippen molar-refractivity contribution in [3.8, 4) is 0 Å². The van der Waals surface area contributed by atoms with Crippen molar-refractivity contribution >= 4 is 5.91 Å². The van der Waals surface area contributed by atoms with Crippen molar-refractivity contribution in [3.63, 3.8) is 0 Å². The molecular formula is C10H14N2O5. The number of rotatable bonds is 2. The van der Waals surface area contributed by atoms with Gasteiger partial charge in [-0.2, -0.15) is 0 Å². The summed E-state index contributed by atoms with van der Waals surface area (Å²) in [6, 6.07) is -0.816. The summed E-state index contributed by atoms with van der Waals surface area (Å²) in [5, 5.41) is 22.4. The molecule has 0 unspecified atom stereocenters. The standard InChI is InChI=1S/C10H14N2O5/c1-5(13)12-6-7(14)8(15)10(3-11-2)4-16-9(6)17-10/h6-9,14-15H,3-4H2,1H3,(H,12,13)/t6-,7-,8-,9+,10+/m1/s1. The van der Waals surface area contributed by atoms with Crippen LogP contribution in [0.3, 0.4) is 0 Å². The molecule has 5 atom stereocenters. The lowest BCUT2D eigenvalue weighted by Gasteiger charge is -2.40. The smallest absolute Gasteiger partial charge is 0.248 e. The average molecular weight is 242 g/mol. The molecule has 0 aromatic rings. The molecule has 0 aliphatic carbocycles. The Morgan fingerprint density at radius 1 is 1.65 bits per heavy atom. The SMILES string of the molecule is [C-]#[N+]C[C@@]12CO[C@@H](O1)[C@H](NC(C)=O)[C@@H](O)[C@H]2O. The van der Waals surface area contributed by atoms with Gasteiger partial charge in [0.25, 0.3) is 0 Å². The van der Waals surface area contributed by atoms with Gasteiger partial charge >= 0.3 is 0 Å². The van der Waals surface area contributed by atoms with E-state index in [2.05, 4.69) is 10.2 Å². The zero-order valence-corrected chi connectivity index (χ0v) is 9.29. The Balaban J connectivity index is 2.20. The molecule has 2 aliphatic heterocycles. The number of hydrogen-bond donors (Lipinski definition) is 3. The van der Waals surface area contributed by atoms with Gasteiger partial charge in [0.1, 0.15) is 18.2 Å². The lowest BCUT2D eigenvalue weighted by molar-refractivity contribution is -0.219. The second-order valence-corrected chi connectivity index (χ2v) is 4.34. The van der Waals surface area contributed by atoms with Crippen LogP contribution in [0.15, 0.2) is 0 Å². The minimum atomic E-state index is -1.26. The molecule has 2 saturated heterocycles. The average Bonchev–Trinajstić information content (AvgIpc) is 2.65. The van der Waals surface area contributed by atoms with Gasteiger partial charge in [-0.1, -0.05) is 0 Å². The number of aliphatic hydroxyl groups is 2. The van der Waals surface area contributed by atoms with Gasteiger partial charge in [-0.3, -0.25) is 4.79 Å². The minimum Gasteiger partial charge on any atom is -0.388 e. The first-order valence-electron chi connectivity index (χ1n) is 5.26. The van der Waals surface area contributed by atoms with E-state index in [-0.39, 0.29) is 19.1 Å². The summed E-state index contributed by atoms with van der Waals surface area (Å²) in [5.41, 5.74) is -1.18. The number of carbonyl (C=O) groups is 1. The topological polar surface area (TPSA) is 92.4 Å². The number of hydrogen-bond acceptors (Lipinski definition) is 5. The molecule has 2 aliphatic rings. The molecule has 2 rings (SSSR count). The molecule has 7 heteroatoms. The molecule has 94 valence electrons. The van der Waals surface area contributed by atoms with Crippen LogP contribution in [0.25, 0.3) is 4.85 Å². The predicted octanol–water partition coefficient (Wildman–Crippen LogP) is -1.74. The van der Waals surface area contributed by atoms with Crippen molar-refractivity contribution in [2.45, 2.75) is 37.1 Å². The molecule has 2 fully saturated rings. The molecule has 2 bridgehead atoms. The van der Waals surface area contributed by atoms with Gasteiger partial charge in [0.2, 0.25) is 12.5 Å². The molecule has 0 aromatic carbocycles. The maximum atomic E-state index is 11.0. The number of nitrogens with zero attached hydrogens (tertiary/aromatic N) is 1. The van der Waals surface area contributed by atoms with Gasteiger partial charge in [-0.15, -0.1) is 0 Å². The summed E-state index contributed by atoms with van der Waals surface area (Å²) in [5.74, 6) is -0.349. The third-order valence-electron chi connectivity index (χ3n) is 3.08. The Morgan fingerprint density at radius 2 is 2.35 bits per heavy atom. The summed E-state index contributed by atoms with van der Waals surface area (Å²) in [6.45, 7) is 8.08. The summed E-state index contributed by atoms with van der Waals surface area (Å²) >= 11 is 0. The lowest BCUT2D eigenvalue weighted by atomic mass is 9.88. The Hall–Kier alpha value is -1.20. The van der Waals surface area contributed by atoms with E-state index in [4.69, 9.17) is 16.0 Å². The highest BCUT2D eigenvalue weighted by atomic mass is 16.7. The van der Waals surface area contributed by atoms with Gasteiger partial charge in [0.15, 0.2) is 11.9 Å². The second kappa shape index (κ2) is 4.23. The van der Waals surface area contributed by atoms with Crippen molar-refractivity contribution in [2.24, 2.45) is 0 Å². The number of amides is 1. The fraction of sp³-hybridized carbons (Fsp3) is 0.800. The third kappa shape index (κ3) is 1.89. The van der Waals surface area contributed by atoms with Crippen LogP contribution in [0.5, 0.6) is 0 Å². The summed E-state index contributed by atoms with van der Waals surface area (Å²) in [4.78, 5) is 14.2. The van der Waals surface area contributed by atoms with Gasteiger partial charge in [0.05, 0.1) is 6.61 Å². The van der Waals surface area contributed by atoms with E-state index in [9.17, 15) is 15.0 Å². The van der Waals surface area contributed by atoms with Crippen LogP contribution in [-0.2, 0) is 14.3 Å². The first kappa shape index (κ1) is 12.3. The maximum absolute atomic E-state index is 11.0. The number of carbonyl (C=O) groups excluding carboxylic acids is 1. The zero-order valence-electron chi connectivity index (χ0n) is 9.29. The van der Waals surface area contributed by atoms with E-state index < -0.39 is 30.1 Å². The first-order valence-corrected chi connectivity index (χ1v) is 5.26. The van der Waals surface area contributed by atoms with Crippen LogP contribution in [0.4, 0.5) is 0 Å². The van der Waals surface area contributed by atoms with E-state index in [0.29, 0.717) is 0 Å². The molecule has 3 N–H and O–H groups in total. The fourth-order valence-corrected chi connectivity index (χ4v) is 2.22. The van der Waals surface area contributed by atoms with E-state index in [1.165, 1.54) is 6.92 Å². The lowest BCUT2D eigenvalue weighted by Crippen LogP contribution is -2.65. The monoisotopic (exact) mass is 242 g/mol. The highest BCUT2D eigenvalue weighted by Gasteiger charge is 2.61. The van der Waals surface area contributed by atoms with E-state index >= 15 is 0 Å². The van der Waals surface area contributed by atoms with Crippen LogP contribution in [0.2, 0.25) is 0 Å². The Morgan fingerprint density at radius 3 is 2.94 bits per heavy atom. The van der Waals surface area contributed by atoms with Crippen LogP contribution in [0.1, 0.15) is 6.92 Å². The van der Waals surface area contributed by atoms with Crippen molar-refractivity contribution in [3.05, 3.63) is 11.4 Å². The molecule has 0 spiro atoms. The van der Waals surface area contributed by atoms with Crippen LogP contribution in [-0.4, -0.2) is 59.4 Å². The molecule has 0 aromatic heterocycles. The molecule has 1 amide bonds. The zero-order chi connectivity index (χ0) is 12.6. The minimum absolute atomic E-state index is 0.0361. The number of fused-ring (bicyclic) bond motifs is 2. The Bertz CT molecular complexity index is 368. The molecule has 2 heterocycles. The Labute approximate surface area is 98.1 Å². The fourth-order valence-electron chi connectivity index (χ4n) is 2.22. The van der Waals surface area contributed by atoms with Gasteiger partial charge in [-0.05, 0) is 0 Å². The highest BCUT2D eigenvalue weighted by Crippen LogP contribution is 2.37. The summed E-state index contributed by atoms with van der Waals surface area (Å²) < 4.78 is 10.7. The van der Waals surface area contributed by atoms with E-state index in [1.54, 1.807) is 0 Å². The van der Waals surface area contributed by atoms with Crippen molar-refractivity contribution in [1.29, 1.82) is 0 Å². The predicted molar refractivity (Wildman–Crippen MR) is 54.6 cm³/mol. The highest BCUT2D eigenvalue weighted by molar-refractivity contribution is 5.73. The molecule has 7 nitrogen and oxygen atoms in total. The first-order chi connectivity index (χ1) is 8.00. The largest absolute Gasteiger partial charge is 0.388 e. The number of ether oxygens (including phenoxy) is 2.